The minimum absolute atomic E-state index is 0.684. The smallest absolute Gasteiger partial charge is 0.0525 e. The molecule has 0 unspecified atom stereocenters. The van der Waals surface area contributed by atoms with E-state index in [-0.39, 0.29) is 0 Å². The number of hydrogen-bond acceptors (Lipinski definition) is 2. The highest BCUT2D eigenvalue weighted by molar-refractivity contribution is 5.02. The van der Waals surface area contributed by atoms with Crippen LogP contribution in [0.2, 0.25) is 0 Å². The molecule has 1 aliphatic rings. The molecule has 0 saturated heterocycles. The van der Waals surface area contributed by atoms with Crippen LogP contribution in [0.3, 0.4) is 0 Å². The normalized spacial score (nSPS) is 16.9. The first-order chi connectivity index (χ1) is 6.92. The van der Waals surface area contributed by atoms with Crippen molar-refractivity contribution < 1.29 is 0 Å². The van der Waals surface area contributed by atoms with Gasteiger partial charge in [-0.25, -0.2) is 0 Å². The summed E-state index contributed by atoms with van der Waals surface area (Å²) in [5, 5.41) is 7.81. The summed E-state index contributed by atoms with van der Waals surface area (Å²) >= 11 is 0. The SMILES string of the molecule is CCCNCc1ccnn1C1CCC1. The van der Waals surface area contributed by atoms with E-state index in [1.165, 1.54) is 31.4 Å². The summed E-state index contributed by atoms with van der Waals surface area (Å²) in [5.74, 6) is 0. The van der Waals surface area contributed by atoms with E-state index in [9.17, 15) is 0 Å². The van der Waals surface area contributed by atoms with Crippen molar-refractivity contribution in [3.05, 3.63) is 18.0 Å². The third-order valence-corrected chi connectivity index (χ3v) is 2.91. The van der Waals surface area contributed by atoms with Gasteiger partial charge in [-0.1, -0.05) is 6.92 Å². The molecule has 1 aromatic heterocycles. The first-order valence-electron chi connectivity index (χ1n) is 5.65. The molecule has 1 fully saturated rings. The van der Waals surface area contributed by atoms with Crippen molar-refractivity contribution >= 4 is 0 Å². The Morgan fingerprint density at radius 3 is 3.07 bits per heavy atom. The summed E-state index contributed by atoms with van der Waals surface area (Å²) in [7, 11) is 0. The minimum atomic E-state index is 0.684. The lowest BCUT2D eigenvalue weighted by Gasteiger charge is -2.27. The largest absolute Gasteiger partial charge is 0.311 e. The highest BCUT2D eigenvalue weighted by Crippen LogP contribution is 2.31. The first-order valence-corrected chi connectivity index (χ1v) is 5.65. The van der Waals surface area contributed by atoms with Crippen LogP contribution >= 0.6 is 0 Å². The Hall–Kier alpha value is -0.830. The Morgan fingerprint density at radius 1 is 1.57 bits per heavy atom. The summed E-state index contributed by atoms with van der Waals surface area (Å²) in [5.41, 5.74) is 1.34. The molecule has 78 valence electrons. The van der Waals surface area contributed by atoms with E-state index < -0.39 is 0 Å². The average Bonchev–Trinajstić information content (AvgIpc) is 2.51. The monoisotopic (exact) mass is 193 g/mol. The number of nitrogens with zero attached hydrogens (tertiary/aromatic N) is 2. The van der Waals surface area contributed by atoms with Crippen LogP contribution < -0.4 is 5.32 Å². The van der Waals surface area contributed by atoms with Gasteiger partial charge < -0.3 is 5.32 Å². The maximum absolute atomic E-state index is 4.39. The van der Waals surface area contributed by atoms with Crippen molar-refractivity contribution in [3.63, 3.8) is 0 Å². The van der Waals surface area contributed by atoms with Gasteiger partial charge in [0.1, 0.15) is 0 Å². The topological polar surface area (TPSA) is 29.9 Å². The van der Waals surface area contributed by atoms with Gasteiger partial charge >= 0.3 is 0 Å². The van der Waals surface area contributed by atoms with Gasteiger partial charge in [-0.3, -0.25) is 4.68 Å². The zero-order valence-corrected chi connectivity index (χ0v) is 8.87. The van der Waals surface area contributed by atoms with Crippen molar-refractivity contribution in [2.45, 2.75) is 45.2 Å². The van der Waals surface area contributed by atoms with E-state index in [1.54, 1.807) is 0 Å². The van der Waals surface area contributed by atoms with Crippen LogP contribution in [0.15, 0.2) is 12.3 Å². The lowest BCUT2D eigenvalue weighted by molar-refractivity contribution is 0.280. The van der Waals surface area contributed by atoms with Crippen LogP contribution in [0.1, 0.15) is 44.3 Å². The van der Waals surface area contributed by atoms with E-state index in [4.69, 9.17) is 0 Å². The molecule has 0 aromatic carbocycles. The molecule has 3 nitrogen and oxygen atoms in total. The number of nitrogens with one attached hydrogen (secondary N) is 1. The third kappa shape index (κ3) is 1.98. The zero-order chi connectivity index (χ0) is 9.80. The minimum Gasteiger partial charge on any atom is -0.311 e. The molecular weight excluding hydrogens is 174 g/mol. The van der Waals surface area contributed by atoms with Gasteiger partial charge in [0.15, 0.2) is 0 Å². The molecule has 1 aromatic rings. The highest BCUT2D eigenvalue weighted by atomic mass is 15.3. The van der Waals surface area contributed by atoms with E-state index in [2.05, 4.69) is 28.1 Å². The molecule has 0 radical (unpaired) electrons. The third-order valence-electron chi connectivity index (χ3n) is 2.91. The standard InChI is InChI=1S/C11H19N3/c1-2-7-12-9-11-6-8-13-14(11)10-4-3-5-10/h6,8,10,12H,2-5,7,9H2,1H3. The second-order valence-electron chi connectivity index (χ2n) is 4.03. The van der Waals surface area contributed by atoms with Crippen LogP contribution in [-0.4, -0.2) is 16.3 Å². The maximum Gasteiger partial charge on any atom is 0.0525 e. The molecule has 14 heavy (non-hydrogen) atoms. The molecular formula is C11H19N3. The molecule has 1 N–H and O–H groups in total. The lowest BCUT2D eigenvalue weighted by Crippen LogP contribution is -2.23. The fraction of sp³-hybridized carbons (Fsp3) is 0.727. The van der Waals surface area contributed by atoms with Gasteiger partial charge in [0.25, 0.3) is 0 Å². The van der Waals surface area contributed by atoms with Gasteiger partial charge in [0, 0.05) is 12.7 Å². The zero-order valence-electron chi connectivity index (χ0n) is 8.87. The molecule has 1 saturated carbocycles. The van der Waals surface area contributed by atoms with Crippen LogP contribution in [-0.2, 0) is 6.54 Å². The Labute approximate surface area is 85.5 Å². The predicted molar refractivity (Wildman–Crippen MR) is 57.1 cm³/mol. The fourth-order valence-corrected chi connectivity index (χ4v) is 1.83. The van der Waals surface area contributed by atoms with E-state index in [0.29, 0.717) is 6.04 Å². The maximum atomic E-state index is 4.39. The molecule has 3 heteroatoms. The Balaban J connectivity index is 1.91. The van der Waals surface area contributed by atoms with Crippen LogP contribution in [0.25, 0.3) is 0 Å². The molecule has 0 atom stereocenters. The Kier molecular flexibility index (Phi) is 3.19. The predicted octanol–water partition coefficient (Wildman–Crippen LogP) is 2.11. The Bertz CT molecular complexity index is 276. The molecule has 0 aliphatic heterocycles. The molecule has 0 amide bonds. The van der Waals surface area contributed by atoms with Gasteiger partial charge in [-0.05, 0) is 38.3 Å². The highest BCUT2D eigenvalue weighted by Gasteiger charge is 2.21. The van der Waals surface area contributed by atoms with E-state index in [1.807, 2.05) is 6.20 Å². The molecule has 1 aliphatic carbocycles. The van der Waals surface area contributed by atoms with Crippen molar-refractivity contribution in [1.29, 1.82) is 0 Å². The second-order valence-corrected chi connectivity index (χ2v) is 4.03. The van der Waals surface area contributed by atoms with Crippen LogP contribution in [0, 0.1) is 0 Å². The van der Waals surface area contributed by atoms with Gasteiger partial charge in [0.2, 0.25) is 0 Å². The van der Waals surface area contributed by atoms with Gasteiger partial charge in [0.05, 0.1) is 11.7 Å². The number of rotatable bonds is 5. The van der Waals surface area contributed by atoms with E-state index in [0.717, 1.165) is 13.1 Å². The van der Waals surface area contributed by atoms with Crippen molar-refractivity contribution in [2.75, 3.05) is 6.54 Å². The molecule has 1 heterocycles. The fourth-order valence-electron chi connectivity index (χ4n) is 1.83. The van der Waals surface area contributed by atoms with E-state index >= 15 is 0 Å². The quantitative estimate of drug-likeness (QED) is 0.726. The summed E-state index contributed by atoms with van der Waals surface area (Å²) in [6.45, 7) is 4.25. The van der Waals surface area contributed by atoms with Gasteiger partial charge in [-0.2, -0.15) is 5.10 Å². The molecule has 0 bridgehead atoms. The average molecular weight is 193 g/mol. The van der Waals surface area contributed by atoms with Crippen molar-refractivity contribution in [3.8, 4) is 0 Å². The molecule has 2 rings (SSSR count). The van der Waals surface area contributed by atoms with Crippen LogP contribution in [0.5, 0.6) is 0 Å². The second kappa shape index (κ2) is 4.60. The first kappa shape index (κ1) is 9.71. The van der Waals surface area contributed by atoms with Crippen LogP contribution in [0.4, 0.5) is 0 Å². The van der Waals surface area contributed by atoms with Crippen molar-refractivity contribution in [1.82, 2.24) is 15.1 Å². The summed E-state index contributed by atoms with van der Waals surface area (Å²) in [6, 6.07) is 2.81. The number of hydrogen-bond donors (Lipinski definition) is 1. The lowest BCUT2D eigenvalue weighted by atomic mass is 9.93. The van der Waals surface area contributed by atoms with Gasteiger partial charge in [-0.15, -0.1) is 0 Å². The summed E-state index contributed by atoms with van der Waals surface area (Å²) < 4.78 is 2.20. The number of aromatic nitrogens is 2. The van der Waals surface area contributed by atoms with Crippen molar-refractivity contribution in [2.24, 2.45) is 0 Å². The summed E-state index contributed by atoms with van der Waals surface area (Å²) in [4.78, 5) is 0. The Morgan fingerprint density at radius 2 is 2.43 bits per heavy atom. The summed E-state index contributed by atoms with van der Waals surface area (Å²) in [6.07, 6.45) is 7.09. The molecule has 0 spiro atoms.